The Balaban J connectivity index is 2.00. The lowest BCUT2D eigenvalue weighted by molar-refractivity contribution is -0.147. The lowest BCUT2D eigenvalue weighted by Crippen LogP contribution is -2.48. The smallest absolute Gasteiger partial charge is 0.311 e. The molecule has 26 heavy (non-hydrogen) atoms. The zero-order chi connectivity index (χ0) is 19.3. The third-order valence-electron chi connectivity index (χ3n) is 4.66. The average molecular weight is 361 g/mol. The fourth-order valence-corrected chi connectivity index (χ4v) is 3.14. The highest BCUT2D eigenvalue weighted by molar-refractivity contribution is 6.35. The zero-order valence-corrected chi connectivity index (χ0v) is 15.6. The number of hydrogen-bond donors (Lipinski definition) is 2. The summed E-state index contributed by atoms with van der Waals surface area (Å²) in [5.41, 5.74) is 7.18. The van der Waals surface area contributed by atoms with Crippen molar-refractivity contribution in [1.82, 2.24) is 10.2 Å². The molecule has 1 aromatic rings. The standard InChI is InChI=1S/C19H27N3O4/c1-4-26-16-6-5-12(2)11-15(16)13(3)21-18(24)19(25)22-9-7-14(8-10-22)17(20)23/h5-6,11,13-14H,4,7-10H2,1-3H3,(H2,20,23)(H,21,24). The fourth-order valence-electron chi connectivity index (χ4n) is 3.14. The van der Waals surface area contributed by atoms with Gasteiger partial charge in [0.05, 0.1) is 12.6 Å². The summed E-state index contributed by atoms with van der Waals surface area (Å²) in [4.78, 5) is 37.4. The summed E-state index contributed by atoms with van der Waals surface area (Å²) in [5.74, 6) is -1.11. The van der Waals surface area contributed by atoms with E-state index in [1.165, 1.54) is 4.90 Å². The van der Waals surface area contributed by atoms with Gasteiger partial charge >= 0.3 is 11.8 Å². The van der Waals surface area contributed by atoms with Crippen LogP contribution in [0.15, 0.2) is 18.2 Å². The number of amides is 3. The molecule has 1 atom stereocenters. The van der Waals surface area contributed by atoms with E-state index in [1.54, 1.807) is 0 Å². The molecule has 1 aliphatic heterocycles. The van der Waals surface area contributed by atoms with Crippen LogP contribution in [-0.2, 0) is 14.4 Å². The van der Waals surface area contributed by atoms with Gasteiger partial charge in [0.15, 0.2) is 0 Å². The van der Waals surface area contributed by atoms with Crippen LogP contribution < -0.4 is 15.8 Å². The van der Waals surface area contributed by atoms with Crippen molar-refractivity contribution in [1.29, 1.82) is 0 Å². The molecule has 0 aliphatic carbocycles. The first-order valence-electron chi connectivity index (χ1n) is 8.95. The molecule has 3 amide bonds. The van der Waals surface area contributed by atoms with Crippen LogP contribution in [0.25, 0.3) is 0 Å². The number of nitrogens with one attached hydrogen (secondary N) is 1. The van der Waals surface area contributed by atoms with Crippen LogP contribution in [0.1, 0.15) is 43.9 Å². The molecule has 1 aromatic carbocycles. The SMILES string of the molecule is CCOc1ccc(C)cc1C(C)NC(=O)C(=O)N1CCC(C(N)=O)CC1. The van der Waals surface area contributed by atoms with Crippen LogP contribution in [0.5, 0.6) is 5.75 Å². The van der Waals surface area contributed by atoms with Gasteiger partial charge in [-0.25, -0.2) is 0 Å². The molecule has 1 fully saturated rings. The number of ether oxygens (including phenoxy) is 1. The first-order valence-corrected chi connectivity index (χ1v) is 8.95. The van der Waals surface area contributed by atoms with E-state index in [0.717, 1.165) is 11.1 Å². The van der Waals surface area contributed by atoms with Gasteiger partial charge in [-0.2, -0.15) is 0 Å². The van der Waals surface area contributed by atoms with E-state index in [9.17, 15) is 14.4 Å². The van der Waals surface area contributed by atoms with Crippen molar-refractivity contribution in [2.75, 3.05) is 19.7 Å². The Bertz CT molecular complexity index is 681. The molecule has 1 saturated heterocycles. The lowest BCUT2D eigenvalue weighted by atomic mass is 9.96. The second-order valence-corrected chi connectivity index (χ2v) is 6.64. The Morgan fingerprint density at radius 2 is 1.96 bits per heavy atom. The number of hydrogen-bond acceptors (Lipinski definition) is 4. The van der Waals surface area contributed by atoms with Crippen molar-refractivity contribution in [3.63, 3.8) is 0 Å². The summed E-state index contributed by atoms with van der Waals surface area (Å²) in [5, 5.41) is 2.75. The largest absolute Gasteiger partial charge is 0.494 e. The van der Waals surface area contributed by atoms with Gasteiger partial charge in [0.25, 0.3) is 0 Å². The Morgan fingerprint density at radius 1 is 1.31 bits per heavy atom. The zero-order valence-electron chi connectivity index (χ0n) is 15.6. The highest BCUT2D eigenvalue weighted by Crippen LogP contribution is 2.26. The molecule has 0 spiro atoms. The van der Waals surface area contributed by atoms with Crippen molar-refractivity contribution in [3.05, 3.63) is 29.3 Å². The van der Waals surface area contributed by atoms with E-state index in [1.807, 2.05) is 39.0 Å². The van der Waals surface area contributed by atoms with Crippen LogP contribution in [-0.4, -0.2) is 42.3 Å². The summed E-state index contributed by atoms with van der Waals surface area (Å²) in [6, 6.07) is 5.39. The van der Waals surface area contributed by atoms with Gasteiger partial charge in [-0.15, -0.1) is 0 Å². The third kappa shape index (κ3) is 4.74. The van der Waals surface area contributed by atoms with Crippen LogP contribution in [0.2, 0.25) is 0 Å². The van der Waals surface area contributed by atoms with E-state index in [-0.39, 0.29) is 17.9 Å². The molecular formula is C19H27N3O4. The maximum absolute atomic E-state index is 12.4. The molecule has 7 nitrogen and oxygen atoms in total. The van der Waals surface area contributed by atoms with E-state index in [4.69, 9.17) is 10.5 Å². The molecule has 142 valence electrons. The molecule has 0 aromatic heterocycles. The van der Waals surface area contributed by atoms with Gasteiger partial charge in [-0.05, 0) is 39.7 Å². The van der Waals surface area contributed by atoms with Gasteiger partial charge in [0.2, 0.25) is 5.91 Å². The van der Waals surface area contributed by atoms with Crippen molar-refractivity contribution in [2.45, 2.75) is 39.7 Å². The monoisotopic (exact) mass is 361 g/mol. The first-order chi connectivity index (χ1) is 12.3. The molecule has 2 rings (SSSR count). The number of rotatable bonds is 5. The number of nitrogens with zero attached hydrogens (tertiary/aromatic N) is 1. The van der Waals surface area contributed by atoms with E-state index in [0.29, 0.717) is 38.3 Å². The molecule has 7 heteroatoms. The van der Waals surface area contributed by atoms with E-state index >= 15 is 0 Å². The normalized spacial score (nSPS) is 16.0. The molecular weight excluding hydrogens is 334 g/mol. The second-order valence-electron chi connectivity index (χ2n) is 6.64. The van der Waals surface area contributed by atoms with Crippen molar-refractivity contribution in [3.8, 4) is 5.75 Å². The molecule has 1 unspecified atom stereocenters. The highest BCUT2D eigenvalue weighted by atomic mass is 16.5. The van der Waals surface area contributed by atoms with Gasteiger partial charge in [-0.1, -0.05) is 17.7 Å². The minimum absolute atomic E-state index is 0.220. The van der Waals surface area contributed by atoms with Gasteiger partial charge < -0.3 is 20.7 Å². The predicted octanol–water partition coefficient (Wildman–Crippen LogP) is 1.29. The third-order valence-corrected chi connectivity index (χ3v) is 4.66. The molecule has 0 bridgehead atoms. The minimum atomic E-state index is -0.654. The number of likely N-dealkylation sites (tertiary alicyclic amines) is 1. The number of benzene rings is 1. The minimum Gasteiger partial charge on any atom is -0.494 e. The van der Waals surface area contributed by atoms with Crippen LogP contribution in [0, 0.1) is 12.8 Å². The second kappa shape index (κ2) is 8.69. The number of primary amides is 1. The van der Waals surface area contributed by atoms with Crippen molar-refractivity contribution >= 4 is 17.7 Å². The quantitative estimate of drug-likeness (QED) is 0.772. The van der Waals surface area contributed by atoms with Crippen LogP contribution in [0.3, 0.4) is 0 Å². The Hall–Kier alpha value is -2.57. The molecule has 1 heterocycles. The van der Waals surface area contributed by atoms with Crippen LogP contribution >= 0.6 is 0 Å². The summed E-state index contributed by atoms with van der Waals surface area (Å²) in [6.07, 6.45) is 0.993. The number of aryl methyl sites for hydroxylation is 1. The molecule has 1 aliphatic rings. The molecule has 3 N–H and O–H groups in total. The number of piperidine rings is 1. The number of carbonyl (C=O) groups excluding carboxylic acids is 3. The van der Waals surface area contributed by atoms with Gasteiger partial charge in [0.1, 0.15) is 5.75 Å². The lowest BCUT2D eigenvalue weighted by Gasteiger charge is -2.30. The average Bonchev–Trinajstić information content (AvgIpc) is 2.62. The maximum Gasteiger partial charge on any atom is 0.311 e. The summed E-state index contributed by atoms with van der Waals surface area (Å²) in [6.45, 7) is 6.92. The fraction of sp³-hybridized carbons (Fsp3) is 0.526. The first kappa shape index (κ1) is 19.8. The van der Waals surface area contributed by atoms with Crippen molar-refractivity contribution < 1.29 is 19.1 Å². The van der Waals surface area contributed by atoms with E-state index in [2.05, 4.69) is 5.32 Å². The summed E-state index contributed by atoms with van der Waals surface area (Å²) in [7, 11) is 0. The Labute approximate surface area is 153 Å². The Kier molecular flexibility index (Phi) is 6.60. The summed E-state index contributed by atoms with van der Waals surface area (Å²) < 4.78 is 5.62. The topological polar surface area (TPSA) is 102 Å². The van der Waals surface area contributed by atoms with Gasteiger partial charge in [-0.3, -0.25) is 14.4 Å². The van der Waals surface area contributed by atoms with Gasteiger partial charge in [0, 0.05) is 24.6 Å². The Morgan fingerprint density at radius 3 is 2.54 bits per heavy atom. The van der Waals surface area contributed by atoms with Crippen LogP contribution in [0.4, 0.5) is 0 Å². The predicted molar refractivity (Wildman–Crippen MR) is 97.4 cm³/mol. The number of carbonyl (C=O) groups is 3. The highest BCUT2D eigenvalue weighted by Gasteiger charge is 2.30. The summed E-state index contributed by atoms with van der Waals surface area (Å²) >= 11 is 0. The molecule has 0 radical (unpaired) electrons. The number of nitrogens with two attached hydrogens (primary N) is 1. The maximum atomic E-state index is 12.4. The van der Waals surface area contributed by atoms with Crippen molar-refractivity contribution in [2.24, 2.45) is 11.7 Å². The molecule has 0 saturated carbocycles. The van der Waals surface area contributed by atoms with E-state index < -0.39 is 11.8 Å².